The first-order valence-electron chi connectivity index (χ1n) is 5.63. The summed E-state index contributed by atoms with van der Waals surface area (Å²) in [6.07, 6.45) is 3.93. The Morgan fingerprint density at radius 3 is 2.38 bits per heavy atom. The zero-order valence-corrected chi connectivity index (χ0v) is 9.47. The van der Waals surface area contributed by atoms with Gasteiger partial charge in [-0.25, -0.2) is 0 Å². The van der Waals surface area contributed by atoms with E-state index in [0.29, 0.717) is 11.8 Å². The van der Waals surface area contributed by atoms with Gasteiger partial charge in [-0.2, -0.15) is 0 Å². The maximum absolute atomic E-state index is 5.67. The first-order valence-corrected chi connectivity index (χ1v) is 5.63. The van der Waals surface area contributed by atoms with Crippen LogP contribution in [0.15, 0.2) is 0 Å². The largest absolute Gasteiger partial charge is 0.330 e. The van der Waals surface area contributed by atoms with Gasteiger partial charge in [-0.05, 0) is 37.9 Å². The smallest absolute Gasteiger partial charge is 0.000600 e. The van der Waals surface area contributed by atoms with E-state index >= 15 is 0 Å². The Balaban J connectivity index is 3.28. The zero-order chi connectivity index (χ0) is 10.1. The number of nitrogens with two attached hydrogens (primary N) is 1. The number of hydrogen-bond acceptors (Lipinski definition) is 2. The SMILES string of the molecule is CCCCCNCC(CN)C(C)C. The van der Waals surface area contributed by atoms with Gasteiger partial charge in [0.25, 0.3) is 0 Å². The third kappa shape index (κ3) is 7.03. The number of rotatable bonds is 8. The second-order valence-corrected chi connectivity index (χ2v) is 4.15. The summed E-state index contributed by atoms with van der Waals surface area (Å²) in [6.45, 7) is 9.75. The molecule has 0 amide bonds. The van der Waals surface area contributed by atoms with Crippen molar-refractivity contribution in [3.63, 3.8) is 0 Å². The van der Waals surface area contributed by atoms with E-state index in [-0.39, 0.29) is 0 Å². The zero-order valence-electron chi connectivity index (χ0n) is 9.47. The summed E-state index contributed by atoms with van der Waals surface area (Å²) >= 11 is 0. The highest BCUT2D eigenvalue weighted by atomic mass is 14.9. The fourth-order valence-electron chi connectivity index (χ4n) is 1.38. The van der Waals surface area contributed by atoms with Gasteiger partial charge in [0.05, 0.1) is 0 Å². The molecule has 0 aromatic rings. The summed E-state index contributed by atoms with van der Waals surface area (Å²) in [5.41, 5.74) is 5.67. The van der Waals surface area contributed by atoms with Crippen LogP contribution in [0.25, 0.3) is 0 Å². The molecular weight excluding hydrogens is 160 g/mol. The molecule has 1 unspecified atom stereocenters. The van der Waals surface area contributed by atoms with E-state index in [1.807, 2.05) is 0 Å². The molecule has 0 aliphatic carbocycles. The summed E-state index contributed by atoms with van der Waals surface area (Å²) in [7, 11) is 0. The van der Waals surface area contributed by atoms with Gasteiger partial charge in [0.2, 0.25) is 0 Å². The molecule has 0 heterocycles. The Morgan fingerprint density at radius 2 is 1.92 bits per heavy atom. The molecule has 0 aromatic heterocycles. The summed E-state index contributed by atoms with van der Waals surface area (Å²) in [5, 5.41) is 3.47. The molecule has 0 saturated carbocycles. The van der Waals surface area contributed by atoms with Crippen LogP contribution < -0.4 is 11.1 Å². The number of nitrogens with one attached hydrogen (secondary N) is 1. The Bertz CT molecular complexity index is 102. The molecule has 80 valence electrons. The summed E-state index contributed by atoms with van der Waals surface area (Å²) in [4.78, 5) is 0. The first kappa shape index (κ1) is 12.9. The summed E-state index contributed by atoms with van der Waals surface area (Å²) < 4.78 is 0. The second-order valence-electron chi connectivity index (χ2n) is 4.15. The van der Waals surface area contributed by atoms with Crippen LogP contribution in [-0.2, 0) is 0 Å². The van der Waals surface area contributed by atoms with Crippen molar-refractivity contribution in [1.82, 2.24) is 5.32 Å². The Kier molecular flexibility index (Phi) is 8.46. The fraction of sp³-hybridized carbons (Fsp3) is 1.00. The average molecular weight is 186 g/mol. The van der Waals surface area contributed by atoms with Crippen LogP contribution in [0.4, 0.5) is 0 Å². The minimum Gasteiger partial charge on any atom is -0.330 e. The standard InChI is InChI=1S/C11H26N2/c1-4-5-6-7-13-9-11(8-12)10(2)3/h10-11,13H,4-9,12H2,1-3H3. The van der Waals surface area contributed by atoms with Gasteiger partial charge in [0.15, 0.2) is 0 Å². The van der Waals surface area contributed by atoms with Crippen LogP contribution in [0, 0.1) is 11.8 Å². The Hall–Kier alpha value is -0.0800. The molecule has 0 aliphatic rings. The van der Waals surface area contributed by atoms with Crippen molar-refractivity contribution < 1.29 is 0 Å². The van der Waals surface area contributed by atoms with Gasteiger partial charge in [-0.15, -0.1) is 0 Å². The molecule has 3 N–H and O–H groups in total. The average Bonchev–Trinajstić information content (AvgIpc) is 2.10. The molecule has 2 heteroatoms. The highest BCUT2D eigenvalue weighted by Gasteiger charge is 2.09. The lowest BCUT2D eigenvalue weighted by Gasteiger charge is -2.19. The van der Waals surface area contributed by atoms with Crippen LogP contribution in [0.5, 0.6) is 0 Å². The van der Waals surface area contributed by atoms with Gasteiger partial charge in [0.1, 0.15) is 0 Å². The number of unbranched alkanes of at least 4 members (excludes halogenated alkanes) is 2. The molecule has 0 spiro atoms. The van der Waals surface area contributed by atoms with E-state index < -0.39 is 0 Å². The molecule has 0 saturated heterocycles. The Morgan fingerprint density at radius 1 is 1.23 bits per heavy atom. The highest BCUT2D eigenvalue weighted by molar-refractivity contribution is 4.66. The second kappa shape index (κ2) is 8.52. The topological polar surface area (TPSA) is 38.0 Å². The molecule has 2 nitrogen and oxygen atoms in total. The van der Waals surface area contributed by atoms with Crippen molar-refractivity contribution in [1.29, 1.82) is 0 Å². The highest BCUT2D eigenvalue weighted by Crippen LogP contribution is 2.07. The van der Waals surface area contributed by atoms with Gasteiger partial charge in [-0.1, -0.05) is 33.6 Å². The van der Waals surface area contributed by atoms with Crippen molar-refractivity contribution in [2.75, 3.05) is 19.6 Å². The van der Waals surface area contributed by atoms with E-state index in [2.05, 4.69) is 26.1 Å². The van der Waals surface area contributed by atoms with E-state index in [1.54, 1.807) is 0 Å². The van der Waals surface area contributed by atoms with Crippen molar-refractivity contribution in [2.24, 2.45) is 17.6 Å². The van der Waals surface area contributed by atoms with Crippen LogP contribution in [0.3, 0.4) is 0 Å². The Labute approximate surface area is 83.3 Å². The van der Waals surface area contributed by atoms with Gasteiger partial charge < -0.3 is 11.1 Å². The van der Waals surface area contributed by atoms with E-state index in [4.69, 9.17) is 5.73 Å². The molecule has 0 fully saturated rings. The minimum absolute atomic E-state index is 0.640. The predicted molar refractivity (Wildman–Crippen MR) is 59.8 cm³/mol. The minimum atomic E-state index is 0.640. The molecular formula is C11H26N2. The quantitative estimate of drug-likeness (QED) is 0.569. The van der Waals surface area contributed by atoms with E-state index in [1.165, 1.54) is 19.3 Å². The molecule has 0 aromatic carbocycles. The van der Waals surface area contributed by atoms with Crippen LogP contribution in [0.1, 0.15) is 40.0 Å². The molecule has 0 bridgehead atoms. The molecule has 0 rings (SSSR count). The van der Waals surface area contributed by atoms with Crippen LogP contribution in [0.2, 0.25) is 0 Å². The van der Waals surface area contributed by atoms with Crippen molar-refractivity contribution in [3.8, 4) is 0 Å². The van der Waals surface area contributed by atoms with Crippen molar-refractivity contribution in [2.45, 2.75) is 40.0 Å². The van der Waals surface area contributed by atoms with Crippen molar-refractivity contribution >= 4 is 0 Å². The normalized spacial score (nSPS) is 13.6. The molecule has 13 heavy (non-hydrogen) atoms. The predicted octanol–water partition coefficient (Wildman–Crippen LogP) is 2.00. The third-order valence-electron chi connectivity index (χ3n) is 2.61. The third-order valence-corrected chi connectivity index (χ3v) is 2.61. The summed E-state index contributed by atoms with van der Waals surface area (Å²) in [6, 6.07) is 0. The maximum Gasteiger partial charge on any atom is -0.000600 e. The van der Waals surface area contributed by atoms with Crippen molar-refractivity contribution in [3.05, 3.63) is 0 Å². The molecule has 0 radical (unpaired) electrons. The van der Waals surface area contributed by atoms with Gasteiger partial charge in [0, 0.05) is 0 Å². The molecule has 0 aliphatic heterocycles. The van der Waals surface area contributed by atoms with Gasteiger partial charge in [-0.3, -0.25) is 0 Å². The van der Waals surface area contributed by atoms with E-state index in [9.17, 15) is 0 Å². The first-order chi connectivity index (χ1) is 6.22. The lowest BCUT2D eigenvalue weighted by Crippen LogP contribution is -2.32. The lowest BCUT2D eigenvalue weighted by molar-refractivity contribution is 0.370. The maximum atomic E-state index is 5.67. The molecule has 1 atom stereocenters. The van der Waals surface area contributed by atoms with E-state index in [0.717, 1.165) is 19.6 Å². The van der Waals surface area contributed by atoms with Gasteiger partial charge >= 0.3 is 0 Å². The monoisotopic (exact) mass is 186 g/mol. The van der Waals surface area contributed by atoms with Crippen LogP contribution in [-0.4, -0.2) is 19.6 Å². The lowest BCUT2D eigenvalue weighted by atomic mass is 9.96. The summed E-state index contributed by atoms with van der Waals surface area (Å²) in [5.74, 6) is 1.34. The fourth-order valence-corrected chi connectivity index (χ4v) is 1.38. The van der Waals surface area contributed by atoms with Crippen LogP contribution >= 0.6 is 0 Å². The number of hydrogen-bond donors (Lipinski definition) is 2.